The van der Waals surface area contributed by atoms with Gasteiger partial charge in [-0.3, -0.25) is 4.79 Å². The number of carbonyl (C=O) groups is 1. The largest absolute Gasteiger partial charge is 0.357 e. The van der Waals surface area contributed by atoms with E-state index in [-0.39, 0.29) is 12.5 Å². The Balaban J connectivity index is 2.43. The van der Waals surface area contributed by atoms with Crippen LogP contribution in [-0.2, 0) is 4.79 Å². The topological polar surface area (TPSA) is 60.0 Å². The first-order valence-electron chi connectivity index (χ1n) is 8.01. The molecule has 0 aromatic carbocycles. The first kappa shape index (κ1) is 17.8. The molecule has 1 heterocycles. The summed E-state index contributed by atoms with van der Waals surface area (Å²) in [5, 5.41) is 6.57. The summed E-state index contributed by atoms with van der Waals surface area (Å²) in [6, 6.07) is 0. The lowest BCUT2D eigenvalue weighted by Gasteiger charge is -2.32. The standard InChI is InChI=1S/C15H31N5O/c1-5-16-15(18-11-14(21)19(3)4)17-10-13-8-7-9-20(6-2)12-13/h13H,5-12H2,1-4H3,(H2,16,17,18). The highest BCUT2D eigenvalue weighted by Gasteiger charge is 2.18. The van der Waals surface area contributed by atoms with Gasteiger partial charge in [-0.1, -0.05) is 6.92 Å². The molecule has 0 spiro atoms. The second-order valence-corrected chi connectivity index (χ2v) is 5.77. The molecule has 0 radical (unpaired) electrons. The molecule has 1 unspecified atom stereocenters. The van der Waals surface area contributed by atoms with E-state index in [9.17, 15) is 4.79 Å². The van der Waals surface area contributed by atoms with Crippen molar-refractivity contribution >= 4 is 11.9 Å². The van der Waals surface area contributed by atoms with Gasteiger partial charge >= 0.3 is 0 Å². The summed E-state index contributed by atoms with van der Waals surface area (Å²) in [4.78, 5) is 20.0. The Labute approximate surface area is 129 Å². The van der Waals surface area contributed by atoms with Crippen molar-refractivity contribution in [2.45, 2.75) is 26.7 Å². The SMILES string of the molecule is CCNC(=NCC(=O)N(C)C)NCC1CCCN(CC)C1. The van der Waals surface area contributed by atoms with Crippen LogP contribution in [0, 0.1) is 5.92 Å². The average Bonchev–Trinajstić information content (AvgIpc) is 2.49. The van der Waals surface area contributed by atoms with Crippen LogP contribution in [0.2, 0.25) is 0 Å². The van der Waals surface area contributed by atoms with Crippen LogP contribution in [-0.4, -0.2) is 75.0 Å². The third kappa shape index (κ3) is 6.80. The van der Waals surface area contributed by atoms with Gasteiger partial charge in [0.1, 0.15) is 6.54 Å². The highest BCUT2D eigenvalue weighted by atomic mass is 16.2. The molecule has 6 nitrogen and oxygen atoms in total. The number of hydrogen-bond acceptors (Lipinski definition) is 3. The number of amides is 1. The lowest BCUT2D eigenvalue weighted by molar-refractivity contribution is -0.127. The van der Waals surface area contributed by atoms with Crippen molar-refractivity contribution in [1.29, 1.82) is 0 Å². The van der Waals surface area contributed by atoms with E-state index < -0.39 is 0 Å². The molecular weight excluding hydrogens is 266 g/mol. The highest BCUT2D eigenvalue weighted by Crippen LogP contribution is 2.14. The second-order valence-electron chi connectivity index (χ2n) is 5.77. The summed E-state index contributed by atoms with van der Waals surface area (Å²) in [5.74, 6) is 1.41. The highest BCUT2D eigenvalue weighted by molar-refractivity contribution is 5.84. The molecule has 0 aromatic heterocycles. The monoisotopic (exact) mass is 297 g/mol. The van der Waals surface area contributed by atoms with E-state index in [0.29, 0.717) is 5.92 Å². The van der Waals surface area contributed by atoms with Crippen molar-refractivity contribution in [2.24, 2.45) is 10.9 Å². The van der Waals surface area contributed by atoms with Crippen LogP contribution < -0.4 is 10.6 Å². The number of nitrogens with one attached hydrogen (secondary N) is 2. The van der Waals surface area contributed by atoms with Gasteiger partial charge in [0, 0.05) is 33.7 Å². The van der Waals surface area contributed by atoms with Gasteiger partial charge in [0.25, 0.3) is 0 Å². The number of likely N-dealkylation sites (N-methyl/N-ethyl adjacent to an activating group) is 1. The molecular formula is C15H31N5O. The smallest absolute Gasteiger partial charge is 0.243 e. The van der Waals surface area contributed by atoms with Crippen LogP contribution in [0.5, 0.6) is 0 Å². The minimum Gasteiger partial charge on any atom is -0.357 e. The Morgan fingerprint density at radius 1 is 1.33 bits per heavy atom. The average molecular weight is 297 g/mol. The van der Waals surface area contributed by atoms with Gasteiger partial charge in [-0.2, -0.15) is 0 Å². The molecule has 21 heavy (non-hydrogen) atoms. The number of aliphatic imine (C=N–C) groups is 1. The maximum atomic E-state index is 11.6. The minimum absolute atomic E-state index is 0.0158. The van der Waals surface area contributed by atoms with Crippen molar-refractivity contribution in [3.8, 4) is 0 Å². The van der Waals surface area contributed by atoms with Gasteiger partial charge in [0.2, 0.25) is 5.91 Å². The van der Waals surface area contributed by atoms with Crippen molar-refractivity contribution in [3.05, 3.63) is 0 Å². The lowest BCUT2D eigenvalue weighted by atomic mass is 9.98. The molecule has 1 aliphatic heterocycles. The number of nitrogens with zero attached hydrogens (tertiary/aromatic N) is 3. The molecule has 1 aliphatic rings. The van der Waals surface area contributed by atoms with Gasteiger partial charge < -0.3 is 20.4 Å². The molecule has 2 N–H and O–H groups in total. The molecule has 1 fully saturated rings. The predicted molar refractivity (Wildman–Crippen MR) is 87.5 cm³/mol. The van der Waals surface area contributed by atoms with Crippen LogP contribution in [0.4, 0.5) is 0 Å². The molecule has 0 bridgehead atoms. The van der Waals surface area contributed by atoms with Crippen LogP contribution in [0.1, 0.15) is 26.7 Å². The van der Waals surface area contributed by atoms with Crippen LogP contribution in [0.15, 0.2) is 4.99 Å². The molecule has 1 amide bonds. The van der Waals surface area contributed by atoms with Crippen LogP contribution in [0.3, 0.4) is 0 Å². The molecule has 1 saturated heterocycles. The van der Waals surface area contributed by atoms with Crippen molar-refractivity contribution < 1.29 is 4.79 Å². The van der Waals surface area contributed by atoms with E-state index in [4.69, 9.17) is 0 Å². The van der Waals surface area contributed by atoms with Gasteiger partial charge in [-0.15, -0.1) is 0 Å². The van der Waals surface area contributed by atoms with E-state index in [0.717, 1.165) is 32.1 Å². The van der Waals surface area contributed by atoms with E-state index in [1.54, 1.807) is 19.0 Å². The number of guanidine groups is 1. The van der Waals surface area contributed by atoms with E-state index in [1.807, 2.05) is 6.92 Å². The Morgan fingerprint density at radius 3 is 2.71 bits per heavy atom. The van der Waals surface area contributed by atoms with Crippen molar-refractivity contribution in [1.82, 2.24) is 20.4 Å². The van der Waals surface area contributed by atoms with Crippen molar-refractivity contribution in [3.63, 3.8) is 0 Å². The number of carbonyl (C=O) groups excluding carboxylic acids is 1. The zero-order valence-corrected chi connectivity index (χ0v) is 14.0. The van der Waals surface area contributed by atoms with Gasteiger partial charge in [0.05, 0.1) is 0 Å². The maximum absolute atomic E-state index is 11.6. The summed E-state index contributed by atoms with van der Waals surface area (Å²) < 4.78 is 0. The van der Waals surface area contributed by atoms with Gasteiger partial charge in [-0.25, -0.2) is 4.99 Å². The Hall–Kier alpha value is -1.30. The molecule has 0 aliphatic carbocycles. The molecule has 1 rings (SSSR count). The zero-order valence-electron chi connectivity index (χ0n) is 14.0. The normalized spacial score (nSPS) is 20.2. The van der Waals surface area contributed by atoms with Crippen LogP contribution in [0.25, 0.3) is 0 Å². The number of hydrogen-bond donors (Lipinski definition) is 2. The first-order chi connectivity index (χ1) is 10.1. The summed E-state index contributed by atoms with van der Waals surface area (Å²) in [7, 11) is 3.50. The van der Waals surface area contributed by atoms with E-state index in [1.165, 1.54) is 19.4 Å². The summed E-state index contributed by atoms with van der Waals surface area (Å²) in [6.45, 7) is 9.65. The fraction of sp³-hybridized carbons (Fsp3) is 0.867. The lowest BCUT2D eigenvalue weighted by Crippen LogP contribution is -2.44. The first-order valence-corrected chi connectivity index (χ1v) is 8.01. The Morgan fingerprint density at radius 2 is 2.10 bits per heavy atom. The van der Waals surface area contributed by atoms with Gasteiger partial charge in [-0.05, 0) is 38.8 Å². The molecule has 6 heteroatoms. The molecule has 0 aromatic rings. The zero-order chi connectivity index (χ0) is 15.7. The van der Waals surface area contributed by atoms with Gasteiger partial charge in [0.15, 0.2) is 5.96 Å². The Kier molecular flexibility index (Phi) is 8.12. The summed E-state index contributed by atoms with van der Waals surface area (Å²) >= 11 is 0. The van der Waals surface area contributed by atoms with E-state index >= 15 is 0 Å². The summed E-state index contributed by atoms with van der Waals surface area (Å²) in [6.07, 6.45) is 2.53. The third-order valence-corrected chi connectivity index (χ3v) is 3.82. The third-order valence-electron chi connectivity index (χ3n) is 3.82. The number of piperidine rings is 1. The fourth-order valence-electron chi connectivity index (χ4n) is 2.48. The Bertz CT molecular complexity index is 343. The number of rotatable bonds is 6. The maximum Gasteiger partial charge on any atom is 0.243 e. The van der Waals surface area contributed by atoms with Crippen LogP contribution >= 0.6 is 0 Å². The summed E-state index contributed by atoms with van der Waals surface area (Å²) in [5.41, 5.74) is 0. The number of likely N-dealkylation sites (tertiary alicyclic amines) is 1. The molecule has 122 valence electrons. The second kappa shape index (κ2) is 9.60. The molecule has 0 saturated carbocycles. The predicted octanol–water partition coefficient (Wildman–Crippen LogP) is 0.362. The minimum atomic E-state index is 0.0158. The van der Waals surface area contributed by atoms with E-state index in [2.05, 4.69) is 27.4 Å². The fourth-order valence-corrected chi connectivity index (χ4v) is 2.48. The quantitative estimate of drug-likeness (QED) is 0.549. The van der Waals surface area contributed by atoms with Crippen molar-refractivity contribution in [2.75, 3.05) is 53.4 Å². The molecule has 1 atom stereocenters.